The Morgan fingerprint density at radius 2 is 0.644 bits per heavy atom. The second-order valence-corrected chi connectivity index (χ2v) is 17.1. The third kappa shape index (κ3) is 46.5. The van der Waals surface area contributed by atoms with Crippen molar-refractivity contribution in [3.8, 4) is 0 Å². The van der Waals surface area contributed by atoms with Crippen molar-refractivity contribution in [3.05, 3.63) is 36.5 Å². The van der Waals surface area contributed by atoms with Crippen molar-refractivity contribution in [2.45, 2.75) is 271 Å². The Kier molecular flexibility index (Phi) is 46.4. The first-order valence-electron chi connectivity index (χ1n) is 25.5. The molecule has 0 aliphatic heterocycles. The van der Waals surface area contributed by atoms with Gasteiger partial charge in [-0.25, -0.2) is 0 Å². The van der Waals surface area contributed by atoms with Gasteiger partial charge in [-0.1, -0.05) is 211 Å². The molecule has 0 aromatic heterocycles. The molecule has 0 radical (unpaired) electrons. The van der Waals surface area contributed by atoms with Gasteiger partial charge < -0.3 is 14.2 Å². The summed E-state index contributed by atoms with van der Waals surface area (Å²) >= 11 is 0. The zero-order valence-corrected chi connectivity index (χ0v) is 39.3. The van der Waals surface area contributed by atoms with Crippen molar-refractivity contribution < 1.29 is 28.6 Å². The van der Waals surface area contributed by atoms with Crippen LogP contribution in [0.4, 0.5) is 0 Å². The third-order valence-corrected chi connectivity index (χ3v) is 11.1. The van der Waals surface area contributed by atoms with Gasteiger partial charge in [0.15, 0.2) is 6.10 Å². The summed E-state index contributed by atoms with van der Waals surface area (Å²) in [6, 6.07) is 0. The highest BCUT2D eigenvalue weighted by molar-refractivity contribution is 5.71. The standard InChI is InChI=1S/C53H96O6/c1-4-7-10-13-16-19-22-24-26-27-28-30-31-34-37-40-43-46-52(55)58-49-50(48-57-51(54)45-42-39-36-33-21-18-15-12-9-6-3)59-53(56)47-44-41-38-35-32-29-25-23-20-17-14-11-8-5-2/h12,15-16,19,24,26,50H,4-11,13-14,17-18,20-23,25,27-49H2,1-3H3/b15-12-,19-16-,26-24-. The minimum Gasteiger partial charge on any atom is -0.462 e. The number of carbonyl (C=O) groups excluding carboxylic acids is 3. The van der Waals surface area contributed by atoms with E-state index in [-0.39, 0.29) is 31.1 Å². The van der Waals surface area contributed by atoms with Crippen LogP contribution < -0.4 is 0 Å². The van der Waals surface area contributed by atoms with Gasteiger partial charge >= 0.3 is 17.9 Å². The van der Waals surface area contributed by atoms with Gasteiger partial charge in [-0.2, -0.15) is 0 Å². The van der Waals surface area contributed by atoms with Crippen molar-refractivity contribution in [3.63, 3.8) is 0 Å². The van der Waals surface area contributed by atoms with E-state index in [4.69, 9.17) is 14.2 Å². The molecule has 0 aliphatic carbocycles. The fourth-order valence-corrected chi connectivity index (χ4v) is 7.24. The van der Waals surface area contributed by atoms with E-state index in [1.165, 1.54) is 141 Å². The summed E-state index contributed by atoms with van der Waals surface area (Å²) in [4.78, 5) is 37.9. The Labute approximate surface area is 365 Å². The molecule has 0 N–H and O–H groups in total. The predicted octanol–water partition coefficient (Wildman–Crippen LogP) is 16.5. The Bertz CT molecular complexity index is 1000. The first-order valence-corrected chi connectivity index (χ1v) is 25.5. The molecule has 0 rings (SSSR count). The molecule has 0 saturated heterocycles. The summed E-state index contributed by atoms with van der Waals surface area (Å²) in [6.45, 7) is 6.55. The summed E-state index contributed by atoms with van der Waals surface area (Å²) < 4.78 is 16.8. The quantitative estimate of drug-likeness (QED) is 0.0263. The van der Waals surface area contributed by atoms with Crippen LogP contribution in [0.5, 0.6) is 0 Å². The van der Waals surface area contributed by atoms with Crippen LogP contribution in [0.1, 0.15) is 265 Å². The fourth-order valence-electron chi connectivity index (χ4n) is 7.24. The number of carbonyl (C=O) groups is 3. The van der Waals surface area contributed by atoms with Crippen molar-refractivity contribution in [1.82, 2.24) is 0 Å². The number of rotatable bonds is 46. The molecule has 0 saturated carbocycles. The van der Waals surface area contributed by atoms with Gasteiger partial charge in [-0.3, -0.25) is 14.4 Å². The SMILES string of the molecule is CCC/C=C\CCCCCCCC(=O)OCC(COC(=O)CCCCCCCCC/C=C\C/C=C\CCCCC)OC(=O)CCCCCCCCCCCCCCCC. The van der Waals surface area contributed by atoms with E-state index in [1.54, 1.807) is 0 Å². The normalized spacial score (nSPS) is 12.3. The van der Waals surface area contributed by atoms with E-state index in [0.717, 1.165) is 83.5 Å². The molecule has 0 spiro atoms. The van der Waals surface area contributed by atoms with Crippen LogP contribution >= 0.6 is 0 Å². The Morgan fingerprint density at radius 3 is 1.05 bits per heavy atom. The lowest BCUT2D eigenvalue weighted by molar-refractivity contribution is -0.167. The van der Waals surface area contributed by atoms with Crippen molar-refractivity contribution in [2.75, 3.05) is 13.2 Å². The molecule has 6 nitrogen and oxygen atoms in total. The summed E-state index contributed by atoms with van der Waals surface area (Å²) in [5.74, 6) is -0.885. The third-order valence-electron chi connectivity index (χ3n) is 11.1. The number of esters is 3. The largest absolute Gasteiger partial charge is 0.462 e. The zero-order chi connectivity index (χ0) is 43.0. The van der Waals surface area contributed by atoms with E-state index in [1.807, 2.05) is 0 Å². The van der Waals surface area contributed by atoms with Crippen LogP contribution in [0.3, 0.4) is 0 Å². The van der Waals surface area contributed by atoms with Crippen molar-refractivity contribution in [1.29, 1.82) is 0 Å². The lowest BCUT2D eigenvalue weighted by Gasteiger charge is -2.18. The summed E-state index contributed by atoms with van der Waals surface area (Å²) in [5, 5.41) is 0. The second-order valence-electron chi connectivity index (χ2n) is 17.1. The molecule has 0 amide bonds. The molecule has 344 valence electrons. The van der Waals surface area contributed by atoms with Gasteiger partial charge in [-0.05, 0) is 70.6 Å². The van der Waals surface area contributed by atoms with Gasteiger partial charge in [0, 0.05) is 19.3 Å². The Hall–Kier alpha value is -2.37. The fraction of sp³-hybridized carbons (Fsp3) is 0.830. The van der Waals surface area contributed by atoms with Gasteiger partial charge in [0.25, 0.3) is 0 Å². The van der Waals surface area contributed by atoms with E-state index < -0.39 is 6.10 Å². The Morgan fingerprint density at radius 1 is 0.339 bits per heavy atom. The average Bonchev–Trinajstić information content (AvgIpc) is 3.23. The van der Waals surface area contributed by atoms with E-state index >= 15 is 0 Å². The molecule has 0 bridgehead atoms. The number of hydrogen-bond donors (Lipinski definition) is 0. The smallest absolute Gasteiger partial charge is 0.306 e. The minimum absolute atomic E-state index is 0.0764. The van der Waals surface area contributed by atoms with Crippen molar-refractivity contribution in [2.24, 2.45) is 0 Å². The van der Waals surface area contributed by atoms with Crippen LogP contribution in [0.15, 0.2) is 36.5 Å². The summed E-state index contributed by atoms with van der Waals surface area (Å²) in [7, 11) is 0. The minimum atomic E-state index is -0.773. The lowest BCUT2D eigenvalue weighted by Crippen LogP contribution is -2.30. The molecule has 0 heterocycles. The van der Waals surface area contributed by atoms with Gasteiger partial charge in [0.2, 0.25) is 0 Å². The highest BCUT2D eigenvalue weighted by Crippen LogP contribution is 2.15. The number of allylic oxidation sites excluding steroid dienone is 6. The zero-order valence-electron chi connectivity index (χ0n) is 39.3. The lowest BCUT2D eigenvalue weighted by atomic mass is 10.0. The van der Waals surface area contributed by atoms with Gasteiger partial charge in [-0.15, -0.1) is 0 Å². The van der Waals surface area contributed by atoms with Crippen LogP contribution in [0, 0.1) is 0 Å². The first-order chi connectivity index (χ1) is 29.0. The highest BCUT2D eigenvalue weighted by Gasteiger charge is 2.19. The number of unbranched alkanes of at least 4 members (excludes halogenated alkanes) is 29. The monoisotopic (exact) mass is 829 g/mol. The topological polar surface area (TPSA) is 78.9 Å². The second kappa shape index (κ2) is 48.3. The molecule has 0 fully saturated rings. The van der Waals surface area contributed by atoms with Crippen molar-refractivity contribution >= 4 is 17.9 Å². The summed E-state index contributed by atoms with van der Waals surface area (Å²) in [5.41, 5.74) is 0. The molecule has 59 heavy (non-hydrogen) atoms. The molecular formula is C53H96O6. The predicted molar refractivity (Wildman–Crippen MR) is 252 cm³/mol. The maximum atomic E-state index is 12.8. The molecular weight excluding hydrogens is 733 g/mol. The molecule has 0 aliphatic rings. The average molecular weight is 829 g/mol. The van der Waals surface area contributed by atoms with Gasteiger partial charge in [0.1, 0.15) is 13.2 Å². The molecule has 6 heteroatoms. The van der Waals surface area contributed by atoms with Gasteiger partial charge in [0.05, 0.1) is 0 Å². The number of hydrogen-bond acceptors (Lipinski definition) is 6. The maximum absolute atomic E-state index is 12.8. The van der Waals surface area contributed by atoms with Crippen LogP contribution in [-0.2, 0) is 28.6 Å². The Balaban J connectivity index is 4.33. The summed E-state index contributed by atoms with van der Waals surface area (Å²) in [6.07, 6.45) is 55.5. The molecule has 1 unspecified atom stereocenters. The maximum Gasteiger partial charge on any atom is 0.306 e. The van der Waals surface area contributed by atoms with E-state index in [0.29, 0.717) is 19.3 Å². The van der Waals surface area contributed by atoms with Crippen LogP contribution in [-0.4, -0.2) is 37.2 Å². The number of ether oxygens (including phenoxy) is 3. The van der Waals surface area contributed by atoms with Crippen LogP contribution in [0.2, 0.25) is 0 Å². The molecule has 0 aromatic carbocycles. The van der Waals surface area contributed by atoms with E-state index in [9.17, 15) is 14.4 Å². The first kappa shape index (κ1) is 56.6. The van der Waals surface area contributed by atoms with E-state index in [2.05, 4.69) is 57.2 Å². The van der Waals surface area contributed by atoms with Crippen LogP contribution in [0.25, 0.3) is 0 Å². The molecule has 0 aromatic rings. The molecule has 1 atom stereocenters. The highest BCUT2D eigenvalue weighted by atomic mass is 16.6.